The number of aliphatic hydroxyl groups is 1. The maximum Gasteiger partial charge on any atom is 0.306 e. The third kappa shape index (κ3) is 6.75. The van der Waals surface area contributed by atoms with E-state index in [2.05, 4.69) is 0 Å². The lowest BCUT2D eigenvalue weighted by Crippen LogP contribution is -2.41. The van der Waals surface area contributed by atoms with Crippen LogP contribution in [0.25, 0.3) is 0 Å². The Kier molecular flexibility index (Phi) is 9.08. The summed E-state index contributed by atoms with van der Waals surface area (Å²) in [6.07, 6.45) is 6.64. The number of carbonyl (C=O) groups excluding carboxylic acids is 2. The van der Waals surface area contributed by atoms with Crippen molar-refractivity contribution in [1.29, 1.82) is 0 Å². The highest BCUT2D eigenvalue weighted by Crippen LogP contribution is 2.25. The van der Waals surface area contributed by atoms with E-state index in [9.17, 15) is 14.7 Å². The molecule has 0 aliphatic carbocycles. The lowest BCUT2D eigenvalue weighted by molar-refractivity contribution is -0.153. The standard InChI is InChI=1S/C20H32O5/c1-13(16(4)21)12-14(2)20-15(3)19(23)17(24-5)10-8-6-7-9-11-18(22)25-20/h8,10,12-13,15,17,19-20,23H,6-7,9,11H2,1-5H3/b10-8+,14-12+/t13-,15-,17-,19-,20-/m0/s1. The molecular formula is C20H32O5. The quantitative estimate of drug-likeness (QED) is 0.621. The Labute approximate surface area is 151 Å². The molecule has 142 valence electrons. The first-order valence-electron chi connectivity index (χ1n) is 9.03. The minimum absolute atomic E-state index is 0.0460. The van der Waals surface area contributed by atoms with Crippen LogP contribution in [-0.2, 0) is 19.1 Å². The molecule has 0 unspecified atom stereocenters. The average Bonchev–Trinajstić information content (AvgIpc) is 2.56. The number of cyclic esters (lactones) is 1. The van der Waals surface area contributed by atoms with E-state index in [1.54, 1.807) is 7.11 Å². The fraction of sp³-hybridized carbons (Fsp3) is 0.700. The molecular weight excluding hydrogens is 320 g/mol. The molecule has 0 saturated carbocycles. The third-order valence-corrected chi connectivity index (χ3v) is 4.81. The SMILES string of the molecule is CO[C@H]1/C=C/CCCCC(=O)O[C@@H](/C(C)=C/[C@H](C)C(C)=O)[C@@H](C)[C@@H]1O. The van der Waals surface area contributed by atoms with Crippen molar-refractivity contribution in [2.24, 2.45) is 11.8 Å². The van der Waals surface area contributed by atoms with Gasteiger partial charge in [0, 0.05) is 25.4 Å². The summed E-state index contributed by atoms with van der Waals surface area (Å²) in [5.41, 5.74) is 0.776. The summed E-state index contributed by atoms with van der Waals surface area (Å²) in [4.78, 5) is 23.7. The van der Waals surface area contributed by atoms with E-state index in [-0.39, 0.29) is 23.6 Å². The smallest absolute Gasteiger partial charge is 0.306 e. The molecule has 25 heavy (non-hydrogen) atoms. The van der Waals surface area contributed by atoms with Crippen LogP contribution in [0, 0.1) is 11.8 Å². The molecule has 0 bridgehead atoms. The first-order valence-corrected chi connectivity index (χ1v) is 9.03. The summed E-state index contributed by atoms with van der Waals surface area (Å²) in [5, 5.41) is 10.7. The number of methoxy groups -OCH3 is 1. The zero-order chi connectivity index (χ0) is 19.0. The number of ketones is 1. The molecule has 0 saturated heterocycles. The zero-order valence-corrected chi connectivity index (χ0v) is 16.0. The normalized spacial score (nSPS) is 32.1. The van der Waals surface area contributed by atoms with Crippen molar-refractivity contribution in [3.05, 3.63) is 23.8 Å². The van der Waals surface area contributed by atoms with Crippen LogP contribution in [0.4, 0.5) is 0 Å². The van der Waals surface area contributed by atoms with Gasteiger partial charge in [0.25, 0.3) is 0 Å². The summed E-state index contributed by atoms with van der Waals surface area (Å²) in [5.74, 6) is -0.855. The first kappa shape index (κ1) is 21.6. The predicted octanol–water partition coefficient (Wildman–Crippen LogP) is 3.21. The molecule has 0 amide bonds. The van der Waals surface area contributed by atoms with Crippen molar-refractivity contribution in [2.75, 3.05) is 7.11 Å². The van der Waals surface area contributed by atoms with Crippen LogP contribution in [0.2, 0.25) is 0 Å². The molecule has 0 radical (unpaired) electrons. The van der Waals surface area contributed by atoms with Gasteiger partial charge in [0.05, 0.1) is 6.10 Å². The monoisotopic (exact) mass is 352 g/mol. The van der Waals surface area contributed by atoms with Crippen molar-refractivity contribution in [1.82, 2.24) is 0 Å². The minimum atomic E-state index is -0.825. The molecule has 1 rings (SSSR count). The van der Waals surface area contributed by atoms with E-state index >= 15 is 0 Å². The van der Waals surface area contributed by atoms with Crippen LogP contribution in [-0.4, -0.2) is 42.3 Å². The summed E-state index contributed by atoms with van der Waals surface area (Å²) < 4.78 is 11.1. The van der Waals surface area contributed by atoms with Gasteiger partial charge in [-0.25, -0.2) is 0 Å². The Hall–Kier alpha value is -1.46. The Balaban J connectivity index is 3.13. The molecule has 1 N–H and O–H groups in total. The number of carbonyl (C=O) groups is 2. The van der Waals surface area contributed by atoms with Gasteiger partial charge in [-0.05, 0) is 38.7 Å². The van der Waals surface area contributed by atoms with E-state index in [4.69, 9.17) is 9.47 Å². The molecule has 0 aromatic heterocycles. The highest BCUT2D eigenvalue weighted by molar-refractivity contribution is 5.79. The fourth-order valence-corrected chi connectivity index (χ4v) is 2.99. The predicted molar refractivity (Wildman–Crippen MR) is 97.1 cm³/mol. The van der Waals surface area contributed by atoms with Crippen LogP contribution in [0.5, 0.6) is 0 Å². The van der Waals surface area contributed by atoms with Gasteiger partial charge in [-0.15, -0.1) is 0 Å². The zero-order valence-electron chi connectivity index (χ0n) is 16.0. The van der Waals surface area contributed by atoms with Crippen molar-refractivity contribution >= 4 is 11.8 Å². The number of allylic oxidation sites excluding steroid dienone is 2. The maximum atomic E-state index is 12.2. The maximum absolute atomic E-state index is 12.2. The van der Waals surface area contributed by atoms with Gasteiger partial charge < -0.3 is 14.6 Å². The number of Topliss-reactive ketones (excluding diaryl/α,β-unsaturated/α-hetero) is 1. The van der Waals surface area contributed by atoms with Gasteiger partial charge in [-0.3, -0.25) is 9.59 Å². The molecule has 0 spiro atoms. The van der Waals surface area contributed by atoms with Gasteiger partial charge in [0.15, 0.2) is 0 Å². The van der Waals surface area contributed by atoms with Gasteiger partial charge >= 0.3 is 5.97 Å². The highest BCUT2D eigenvalue weighted by atomic mass is 16.5. The Morgan fingerprint density at radius 2 is 2.08 bits per heavy atom. The second-order valence-corrected chi connectivity index (χ2v) is 6.94. The number of aliphatic hydroxyl groups excluding tert-OH is 1. The molecule has 5 heteroatoms. The summed E-state index contributed by atoms with van der Waals surface area (Å²) in [6.45, 7) is 7.02. The second kappa shape index (κ2) is 10.5. The number of rotatable bonds is 4. The van der Waals surface area contributed by atoms with E-state index in [0.29, 0.717) is 6.42 Å². The molecule has 5 atom stereocenters. The van der Waals surface area contributed by atoms with Gasteiger partial charge in [-0.1, -0.05) is 32.1 Å². The largest absolute Gasteiger partial charge is 0.457 e. The lowest BCUT2D eigenvalue weighted by atomic mass is 9.88. The van der Waals surface area contributed by atoms with Crippen LogP contribution in [0.3, 0.4) is 0 Å². The summed E-state index contributed by atoms with van der Waals surface area (Å²) in [6, 6.07) is 0. The van der Waals surface area contributed by atoms with E-state index < -0.39 is 18.3 Å². The Morgan fingerprint density at radius 1 is 1.40 bits per heavy atom. The van der Waals surface area contributed by atoms with Crippen LogP contribution < -0.4 is 0 Å². The van der Waals surface area contributed by atoms with Crippen LogP contribution >= 0.6 is 0 Å². The summed E-state index contributed by atoms with van der Waals surface area (Å²) in [7, 11) is 1.55. The molecule has 0 aromatic rings. The molecule has 1 heterocycles. The van der Waals surface area contributed by atoms with E-state index in [1.165, 1.54) is 6.92 Å². The number of hydrogen-bond acceptors (Lipinski definition) is 5. The average molecular weight is 352 g/mol. The highest BCUT2D eigenvalue weighted by Gasteiger charge is 2.33. The number of ether oxygens (including phenoxy) is 2. The number of hydrogen-bond donors (Lipinski definition) is 1. The van der Waals surface area contributed by atoms with Crippen molar-refractivity contribution < 1.29 is 24.2 Å². The van der Waals surface area contributed by atoms with Crippen molar-refractivity contribution in [3.8, 4) is 0 Å². The minimum Gasteiger partial charge on any atom is -0.457 e. The van der Waals surface area contributed by atoms with Crippen molar-refractivity contribution in [3.63, 3.8) is 0 Å². The second-order valence-electron chi connectivity index (χ2n) is 6.94. The van der Waals surface area contributed by atoms with Gasteiger partial charge in [-0.2, -0.15) is 0 Å². The van der Waals surface area contributed by atoms with Gasteiger partial charge in [0.1, 0.15) is 18.0 Å². The summed E-state index contributed by atoms with van der Waals surface area (Å²) >= 11 is 0. The molecule has 0 aromatic carbocycles. The van der Waals surface area contributed by atoms with Crippen LogP contribution in [0.15, 0.2) is 23.8 Å². The first-order chi connectivity index (χ1) is 11.8. The lowest BCUT2D eigenvalue weighted by Gasteiger charge is -2.32. The van der Waals surface area contributed by atoms with Crippen molar-refractivity contribution in [2.45, 2.75) is 71.7 Å². The van der Waals surface area contributed by atoms with E-state index in [1.807, 2.05) is 39.0 Å². The molecule has 1 aliphatic rings. The topological polar surface area (TPSA) is 72.8 Å². The third-order valence-electron chi connectivity index (χ3n) is 4.81. The fourth-order valence-electron chi connectivity index (χ4n) is 2.99. The number of esters is 1. The Morgan fingerprint density at radius 3 is 2.68 bits per heavy atom. The van der Waals surface area contributed by atoms with Crippen LogP contribution in [0.1, 0.15) is 53.4 Å². The molecule has 1 aliphatic heterocycles. The molecule has 5 nitrogen and oxygen atoms in total. The molecule has 0 fully saturated rings. The van der Waals surface area contributed by atoms with Gasteiger partial charge in [0.2, 0.25) is 0 Å². The van der Waals surface area contributed by atoms with E-state index in [0.717, 1.165) is 24.8 Å². The Bertz CT molecular complexity index is 508.